The van der Waals surface area contributed by atoms with Gasteiger partial charge in [0, 0.05) is 24.1 Å². The second kappa shape index (κ2) is 5.73. The highest BCUT2D eigenvalue weighted by Crippen LogP contribution is 2.24. The van der Waals surface area contributed by atoms with E-state index in [1.165, 1.54) is 0 Å². The largest absolute Gasteiger partial charge is 0.361 e. The van der Waals surface area contributed by atoms with Gasteiger partial charge >= 0.3 is 0 Å². The maximum absolute atomic E-state index is 12.7. The van der Waals surface area contributed by atoms with E-state index in [0.717, 1.165) is 17.0 Å². The van der Waals surface area contributed by atoms with Crippen molar-refractivity contribution in [2.45, 2.75) is 11.9 Å². The molecule has 22 heavy (non-hydrogen) atoms. The van der Waals surface area contributed by atoms with Gasteiger partial charge in [-0.1, -0.05) is 23.4 Å². The summed E-state index contributed by atoms with van der Waals surface area (Å²) < 4.78 is 22.0. The normalized spacial score (nSPS) is 13.5. The first kappa shape index (κ1) is 14.5. The first-order chi connectivity index (χ1) is 10.5. The lowest BCUT2D eigenvalue weighted by atomic mass is 10.1. The molecule has 0 aliphatic carbocycles. The van der Waals surface area contributed by atoms with Crippen molar-refractivity contribution < 1.29 is 8.73 Å². The van der Waals surface area contributed by atoms with E-state index in [-0.39, 0.29) is 0 Å². The number of nitrogens with zero attached hydrogens (tertiary/aromatic N) is 3. The summed E-state index contributed by atoms with van der Waals surface area (Å²) in [6.07, 6.45) is 3.20. The van der Waals surface area contributed by atoms with Crippen LogP contribution in [-0.2, 0) is 9.73 Å². The van der Waals surface area contributed by atoms with Gasteiger partial charge in [-0.25, -0.2) is 9.19 Å². The fraction of sp³-hybridized carbons (Fsp3) is 0.125. The number of rotatable bonds is 3. The molecule has 3 rings (SSSR count). The summed E-state index contributed by atoms with van der Waals surface area (Å²) in [5.74, 6) is 0.760. The lowest BCUT2D eigenvalue weighted by Gasteiger charge is -2.03. The van der Waals surface area contributed by atoms with Gasteiger partial charge in [-0.3, -0.25) is 0 Å². The van der Waals surface area contributed by atoms with Crippen molar-refractivity contribution in [1.82, 2.24) is 10.1 Å². The Kier molecular flexibility index (Phi) is 3.77. The molecule has 0 saturated heterocycles. The molecule has 0 spiro atoms. The Labute approximate surface area is 129 Å². The fourth-order valence-corrected chi connectivity index (χ4v) is 3.22. The van der Waals surface area contributed by atoms with E-state index < -0.39 is 9.73 Å². The molecule has 1 unspecified atom stereocenters. The van der Waals surface area contributed by atoms with Gasteiger partial charge in [0.05, 0.1) is 15.4 Å². The zero-order valence-corrected chi connectivity index (χ0v) is 13.1. The molecule has 0 bridgehead atoms. The lowest BCUT2D eigenvalue weighted by molar-refractivity contribution is 0.399. The maximum Gasteiger partial charge on any atom is 0.135 e. The van der Waals surface area contributed by atoms with Crippen LogP contribution in [0.25, 0.3) is 11.3 Å². The molecule has 0 N–H and O–H groups in total. The van der Waals surface area contributed by atoms with Crippen LogP contribution in [0.15, 0.2) is 68.6 Å². The van der Waals surface area contributed by atoms with Crippen molar-refractivity contribution in [2.75, 3.05) is 6.26 Å². The minimum Gasteiger partial charge on any atom is -0.361 e. The molecule has 0 saturated carbocycles. The van der Waals surface area contributed by atoms with Gasteiger partial charge in [-0.15, -0.1) is 0 Å². The van der Waals surface area contributed by atoms with E-state index >= 15 is 0 Å². The highest BCUT2D eigenvalue weighted by Gasteiger charge is 2.08. The Hall–Kier alpha value is -2.47. The molecule has 0 aliphatic heterocycles. The number of aromatic nitrogens is 2. The van der Waals surface area contributed by atoms with Gasteiger partial charge in [-0.05, 0) is 31.2 Å². The van der Waals surface area contributed by atoms with Crippen LogP contribution in [0.5, 0.6) is 0 Å². The van der Waals surface area contributed by atoms with Crippen molar-refractivity contribution in [3.05, 3.63) is 60.5 Å². The first-order valence-electron chi connectivity index (χ1n) is 6.71. The first-order valence-corrected chi connectivity index (χ1v) is 8.64. The number of hydrogen-bond acceptors (Lipinski definition) is 5. The maximum atomic E-state index is 12.7. The van der Waals surface area contributed by atoms with Gasteiger partial charge in [-0.2, -0.15) is 4.36 Å². The highest BCUT2D eigenvalue weighted by molar-refractivity contribution is 7.93. The van der Waals surface area contributed by atoms with Crippen LogP contribution < -0.4 is 0 Å². The van der Waals surface area contributed by atoms with Crippen molar-refractivity contribution in [2.24, 2.45) is 4.36 Å². The van der Waals surface area contributed by atoms with Crippen molar-refractivity contribution in [3.63, 3.8) is 0 Å². The summed E-state index contributed by atoms with van der Waals surface area (Å²) in [6.45, 7) is 1.85. The van der Waals surface area contributed by atoms with Gasteiger partial charge < -0.3 is 4.52 Å². The second-order valence-electron chi connectivity index (χ2n) is 4.93. The van der Waals surface area contributed by atoms with Crippen LogP contribution in [0.2, 0.25) is 0 Å². The molecule has 3 aromatic rings. The van der Waals surface area contributed by atoms with E-state index in [0.29, 0.717) is 10.7 Å². The smallest absolute Gasteiger partial charge is 0.135 e. The Morgan fingerprint density at radius 1 is 1.14 bits per heavy atom. The zero-order chi connectivity index (χ0) is 15.6. The average Bonchev–Trinajstić information content (AvgIpc) is 2.95. The molecule has 2 aromatic heterocycles. The van der Waals surface area contributed by atoms with E-state index in [9.17, 15) is 4.21 Å². The molecule has 0 aliphatic rings. The van der Waals surface area contributed by atoms with Crippen LogP contribution >= 0.6 is 0 Å². The Morgan fingerprint density at radius 3 is 2.50 bits per heavy atom. The molecular weight excluding hydrogens is 298 g/mol. The molecule has 0 radical (unpaired) electrons. The lowest BCUT2D eigenvalue weighted by Crippen LogP contribution is -1.99. The zero-order valence-electron chi connectivity index (χ0n) is 12.3. The second-order valence-corrected chi connectivity index (χ2v) is 7.14. The SMILES string of the molecule is Cc1cc(-c2ccc(N=S(C)(=O)c3ccccn3)cc2)no1. The highest BCUT2D eigenvalue weighted by atomic mass is 32.2. The average molecular weight is 313 g/mol. The summed E-state index contributed by atoms with van der Waals surface area (Å²) in [7, 11) is -2.56. The Bertz CT molecular complexity index is 893. The summed E-state index contributed by atoms with van der Waals surface area (Å²) in [5, 5.41) is 4.44. The van der Waals surface area contributed by atoms with E-state index in [1.807, 2.05) is 37.3 Å². The number of hydrogen-bond donors (Lipinski definition) is 0. The molecule has 5 nitrogen and oxygen atoms in total. The third-order valence-electron chi connectivity index (χ3n) is 3.10. The molecule has 0 amide bonds. The van der Waals surface area contributed by atoms with Gasteiger partial charge in [0.2, 0.25) is 0 Å². The van der Waals surface area contributed by atoms with E-state index in [4.69, 9.17) is 4.52 Å². The molecule has 0 fully saturated rings. The topological polar surface area (TPSA) is 68.3 Å². The van der Waals surface area contributed by atoms with Crippen LogP contribution in [0.1, 0.15) is 5.76 Å². The quantitative estimate of drug-likeness (QED) is 0.737. The van der Waals surface area contributed by atoms with Crippen LogP contribution in [0.4, 0.5) is 5.69 Å². The Balaban J connectivity index is 1.93. The number of aryl methyl sites for hydroxylation is 1. The summed E-state index contributed by atoms with van der Waals surface area (Å²) >= 11 is 0. The molecule has 112 valence electrons. The van der Waals surface area contributed by atoms with Crippen molar-refractivity contribution in [3.8, 4) is 11.3 Å². The summed E-state index contributed by atoms with van der Waals surface area (Å²) in [6, 6.07) is 14.6. The molecular formula is C16H15N3O2S. The third kappa shape index (κ3) is 3.07. The summed E-state index contributed by atoms with van der Waals surface area (Å²) in [5.41, 5.74) is 2.34. The predicted molar refractivity (Wildman–Crippen MR) is 85.3 cm³/mol. The number of benzene rings is 1. The van der Waals surface area contributed by atoms with Crippen LogP contribution in [0.3, 0.4) is 0 Å². The van der Waals surface area contributed by atoms with Crippen molar-refractivity contribution in [1.29, 1.82) is 0 Å². The Morgan fingerprint density at radius 2 is 1.91 bits per heavy atom. The van der Waals surface area contributed by atoms with Crippen LogP contribution in [0, 0.1) is 6.92 Å². The minimum atomic E-state index is -2.56. The van der Waals surface area contributed by atoms with E-state index in [1.54, 1.807) is 30.7 Å². The fourth-order valence-electron chi connectivity index (χ4n) is 2.01. The molecule has 1 aromatic carbocycles. The molecule has 1 atom stereocenters. The monoisotopic (exact) mass is 313 g/mol. The minimum absolute atomic E-state index is 0.478. The standard InChI is InChI=1S/C16H15N3O2S/c1-12-11-15(18-21-12)13-6-8-14(9-7-13)19-22(2,20)16-5-3-4-10-17-16/h3-11H,1-2H3. The van der Waals surface area contributed by atoms with Gasteiger partial charge in [0.25, 0.3) is 0 Å². The van der Waals surface area contributed by atoms with Gasteiger partial charge in [0.1, 0.15) is 16.5 Å². The molecule has 2 heterocycles. The summed E-state index contributed by atoms with van der Waals surface area (Å²) in [4.78, 5) is 4.12. The predicted octanol–water partition coefficient (Wildman–Crippen LogP) is 3.83. The van der Waals surface area contributed by atoms with E-state index in [2.05, 4.69) is 14.5 Å². The molecule has 6 heteroatoms. The van der Waals surface area contributed by atoms with Crippen molar-refractivity contribution >= 4 is 15.4 Å². The number of pyridine rings is 1. The van der Waals surface area contributed by atoms with Crippen LogP contribution in [-0.4, -0.2) is 20.6 Å². The van der Waals surface area contributed by atoms with Gasteiger partial charge in [0.15, 0.2) is 0 Å². The third-order valence-corrected chi connectivity index (χ3v) is 4.67.